The summed E-state index contributed by atoms with van der Waals surface area (Å²) >= 11 is 1.08. The quantitative estimate of drug-likeness (QED) is 0.00997. The monoisotopic (exact) mass is 1180 g/mol. The molecular formula is C55H86N4O18P2S. The average molecular weight is 1190 g/mol. The molecule has 0 spiro atoms. The molecule has 10 N–H and O–H groups in total. The van der Waals surface area contributed by atoms with E-state index in [1.54, 1.807) is 24.3 Å². The molecule has 1 aromatic rings. The fourth-order valence-electron chi connectivity index (χ4n) is 7.32. The highest BCUT2D eigenvalue weighted by Gasteiger charge is 2.46. The van der Waals surface area contributed by atoms with Crippen molar-refractivity contribution in [1.82, 2.24) is 9.55 Å². The maximum atomic E-state index is 13.4. The largest absolute Gasteiger partial charge is 0.481 e. The van der Waals surface area contributed by atoms with Crippen molar-refractivity contribution in [1.29, 1.82) is 0 Å². The molecule has 450 valence electrons. The molecule has 0 amide bonds. The van der Waals surface area contributed by atoms with Crippen molar-refractivity contribution in [3.63, 3.8) is 0 Å². The van der Waals surface area contributed by atoms with Gasteiger partial charge in [-0.25, -0.2) is 13.9 Å². The topological polar surface area (TPSA) is 349 Å². The van der Waals surface area contributed by atoms with Crippen LogP contribution in [-0.2, 0) is 51.1 Å². The number of hydrogen-bond donors (Lipinski definition) is 8. The lowest BCUT2D eigenvalue weighted by Gasteiger charge is -2.23. The molecular weight excluding hydrogens is 1100 g/mol. The van der Waals surface area contributed by atoms with Crippen molar-refractivity contribution in [2.75, 3.05) is 31.3 Å². The van der Waals surface area contributed by atoms with Gasteiger partial charge >= 0.3 is 39.2 Å². The Labute approximate surface area is 474 Å². The number of carbonyl (C=O) groups is 3. The summed E-state index contributed by atoms with van der Waals surface area (Å²) in [4.78, 5) is 74.1. The van der Waals surface area contributed by atoms with Gasteiger partial charge in [-0.2, -0.15) is 9.29 Å². The fourth-order valence-corrected chi connectivity index (χ4v) is 10.6. The van der Waals surface area contributed by atoms with Crippen LogP contribution in [0.3, 0.4) is 0 Å². The number of aromatic nitrogens is 2. The van der Waals surface area contributed by atoms with Gasteiger partial charge in [-0.3, -0.25) is 28.0 Å². The van der Waals surface area contributed by atoms with Crippen LogP contribution >= 0.6 is 27.4 Å². The number of hydrogen-bond acceptors (Lipinski definition) is 19. The number of rotatable bonds is 44. The Balaban J connectivity index is 2.07. The number of aliphatic carboxylic acids is 1. The summed E-state index contributed by atoms with van der Waals surface area (Å²) in [6.45, 7) is 1.49. The predicted octanol–water partition coefficient (Wildman–Crippen LogP) is 8.54. The van der Waals surface area contributed by atoms with E-state index in [1.807, 2.05) is 12.2 Å². The molecule has 1 aliphatic heterocycles. The number of aliphatic hydroxyl groups is 3. The van der Waals surface area contributed by atoms with Crippen LogP contribution in [0.5, 0.6) is 0 Å². The van der Waals surface area contributed by atoms with Gasteiger partial charge in [0.25, 0.3) is 0 Å². The van der Waals surface area contributed by atoms with Crippen molar-refractivity contribution >= 4 is 51.1 Å². The first-order valence-electron chi connectivity index (χ1n) is 27.2. The molecule has 1 aliphatic rings. The minimum absolute atomic E-state index is 0.00914. The molecule has 22 nitrogen and oxygen atoms in total. The van der Waals surface area contributed by atoms with Crippen LogP contribution in [0.2, 0.25) is 0 Å². The van der Waals surface area contributed by atoms with Gasteiger partial charge in [0.15, 0.2) is 12.3 Å². The lowest BCUT2D eigenvalue weighted by molar-refractivity contribution is -0.161. The SMILES string of the molecule is CC/C=C\C/C=C\C/C=C\C/C=C\CCCCCCC(=O)OC[C@H](COP(=O)(O)OP(=O)(O)OC[C@H]1O[C@@H](n2ccc(N)nc2=O)[C@H](O)[C@@H]1O)OC(=O)[C@@H](N)CS[C@H](/C=C/C=C/C=C\C/C=C\CCCCC)[C@@H](O)CCCC(=O)O. The molecule has 2 heterocycles. The third-order valence-corrected chi connectivity index (χ3v) is 15.7. The van der Waals surface area contributed by atoms with Crippen molar-refractivity contribution in [3.05, 3.63) is 120 Å². The Morgan fingerprint density at radius 1 is 0.787 bits per heavy atom. The summed E-state index contributed by atoms with van der Waals surface area (Å²) in [6.07, 6.45) is 36.8. The number of nitrogens with zero attached hydrogens (tertiary/aromatic N) is 2. The molecule has 2 unspecified atom stereocenters. The fraction of sp³-hybridized carbons (Fsp3) is 0.582. The normalized spacial score (nSPS) is 20.2. The van der Waals surface area contributed by atoms with Gasteiger partial charge in [-0.05, 0) is 83.1 Å². The summed E-state index contributed by atoms with van der Waals surface area (Å²) in [5.41, 5.74) is 10.8. The van der Waals surface area contributed by atoms with Crippen LogP contribution in [0.25, 0.3) is 0 Å². The molecule has 10 atom stereocenters. The molecule has 80 heavy (non-hydrogen) atoms. The number of anilines is 1. The van der Waals surface area contributed by atoms with E-state index in [-0.39, 0.29) is 37.3 Å². The average Bonchev–Trinajstić information content (AvgIpc) is 3.81. The highest BCUT2D eigenvalue weighted by molar-refractivity contribution is 8.00. The Hall–Kier alpha value is -4.58. The Bertz CT molecular complexity index is 2360. The Morgan fingerprint density at radius 3 is 2.05 bits per heavy atom. The third kappa shape index (κ3) is 33.4. The van der Waals surface area contributed by atoms with Crippen molar-refractivity contribution < 1.29 is 81.3 Å². The molecule has 1 aromatic heterocycles. The van der Waals surface area contributed by atoms with Crippen LogP contribution in [0.4, 0.5) is 5.82 Å². The van der Waals surface area contributed by atoms with E-state index in [9.17, 15) is 53.4 Å². The first-order chi connectivity index (χ1) is 38.3. The number of esters is 2. The smallest absolute Gasteiger partial charge is 0.481 e. The number of ether oxygens (including phenoxy) is 3. The summed E-state index contributed by atoms with van der Waals surface area (Å²) < 4.78 is 57.1. The van der Waals surface area contributed by atoms with Crippen LogP contribution in [0, 0.1) is 0 Å². The number of allylic oxidation sites excluding steroid dienone is 15. The summed E-state index contributed by atoms with van der Waals surface area (Å²) in [5.74, 6) is -3.08. The lowest BCUT2D eigenvalue weighted by atomic mass is 10.1. The van der Waals surface area contributed by atoms with Gasteiger partial charge in [0.1, 0.15) is 36.8 Å². The van der Waals surface area contributed by atoms with E-state index in [4.69, 9.17) is 39.8 Å². The Morgan fingerprint density at radius 2 is 1.40 bits per heavy atom. The number of nitrogen functional groups attached to an aromatic ring is 1. The zero-order valence-electron chi connectivity index (χ0n) is 46.0. The van der Waals surface area contributed by atoms with E-state index in [2.05, 4.69) is 83.9 Å². The zero-order chi connectivity index (χ0) is 59.0. The number of aliphatic hydroxyl groups excluding tert-OH is 3. The van der Waals surface area contributed by atoms with Gasteiger partial charge in [-0.1, -0.05) is 137 Å². The predicted molar refractivity (Wildman–Crippen MR) is 308 cm³/mol. The lowest BCUT2D eigenvalue weighted by Crippen LogP contribution is -2.40. The molecule has 1 fully saturated rings. The molecule has 0 saturated carbocycles. The van der Waals surface area contributed by atoms with Crippen LogP contribution in [0.15, 0.2) is 114 Å². The number of carboxylic acid groups (broad SMARTS) is 1. The first-order valence-corrected chi connectivity index (χ1v) is 31.2. The second-order valence-corrected chi connectivity index (χ2v) is 22.8. The maximum absolute atomic E-state index is 13.4. The van der Waals surface area contributed by atoms with E-state index < -0.39 is 107 Å². The number of phosphoric ester groups is 2. The minimum Gasteiger partial charge on any atom is -0.481 e. The summed E-state index contributed by atoms with van der Waals surface area (Å²) in [5, 5.41) is 40.5. The van der Waals surface area contributed by atoms with Crippen molar-refractivity contribution in [2.45, 2.75) is 177 Å². The van der Waals surface area contributed by atoms with Crippen LogP contribution < -0.4 is 17.2 Å². The van der Waals surface area contributed by atoms with Gasteiger partial charge in [0, 0.05) is 30.0 Å². The van der Waals surface area contributed by atoms with E-state index in [0.717, 1.165) is 93.2 Å². The highest BCUT2D eigenvalue weighted by Crippen LogP contribution is 2.60. The molecule has 1 saturated heterocycles. The third-order valence-electron chi connectivity index (χ3n) is 11.7. The number of carbonyl (C=O) groups excluding carboxylic acids is 2. The van der Waals surface area contributed by atoms with E-state index in [1.165, 1.54) is 12.5 Å². The highest BCUT2D eigenvalue weighted by atomic mass is 32.2. The van der Waals surface area contributed by atoms with Gasteiger partial charge in [0.05, 0.1) is 19.3 Å². The van der Waals surface area contributed by atoms with Crippen molar-refractivity contribution in [3.8, 4) is 0 Å². The van der Waals surface area contributed by atoms with E-state index >= 15 is 0 Å². The van der Waals surface area contributed by atoms with Gasteiger partial charge in [0.2, 0.25) is 0 Å². The van der Waals surface area contributed by atoms with E-state index in [0.29, 0.717) is 12.8 Å². The number of phosphoric acid groups is 2. The second-order valence-electron chi connectivity index (χ2n) is 18.6. The zero-order valence-corrected chi connectivity index (χ0v) is 48.6. The second kappa shape index (κ2) is 42.3. The number of carboxylic acids is 1. The van der Waals surface area contributed by atoms with Crippen LogP contribution in [0.1, 0.15) is 136 Å². The van der Waals surface area contributed by atoms with Gasteiger partial charge in [-0.15, -0.1) is 11.8 Å². The minimum atomic E-state index is -5.59. The Kier molecular flexibility index (Phi) is 37.8. The van der Waals surface area contributed by atoms with Gasteiger partial charge < -0.3 is 55.9 Å². The van der Waals surface area contributed by atoms with Crippen LogP contribution in [-0.4, -0.2) is 125 Å². The molecule has 0 bridgehead atoms. The van der Waals surface area contributed by atoms with Crippen molar-refractivity contribution in [2.24, 2.45) is 5.73 Å². The summed E-state index contributed by atoms with van der Waals surface area (Å²) in [7, 11) is -11.1. The molecule has 25 heteroatoms. The standard InChI is InChI=1S/C55H86N4O18P2S/c1-3-5-7-9-11-13-15-17-18-19-20-21-23-25-27-29-31-36-50(63)72-39-43(40-73-78(68,69)77-79(70,71)74-41-46-51(64)52(65)53(76-46)59-38-37-48(57)58-55(59)67)75-54(66)44(56)42-80-47(45(60)33-32-35-49(61)62)34-30-28-26-24-22-16-14-12-10-8-6-4-2/h5,7,11-14,17-18,20-22,24,26,28,30,34,37-38,43-47,51-53,60,64-65H,3-4,6,8-10,15-16,19,23,25,27,29,31-33,35-36,39-42,56H2,1-2H3,(H,61,62)(H,68,69)(H,70,71)(H2,57,58,67)/b7-5-,13-11-,14-12-,18-17-,21-20-,24-22-,28-26+,34-30+/t43-,44+,45+,46-,47-,51-,52-,53-/m1/s1. The number of unbranched alkanes of at least 4 members (excludes halogenated alkanes) is 7. The maximum Gasteiger partial charge on any atom is 0.481 e. The molecule has 2 rings (SSSR count). The molecule has 0 aliphatic carbocycles. The molecule has 0 radical (unpaired) electrons. The summed E-state index contributed by atoms with van der Waals surface area (Å²) in [6, 6.07) is -0.176. The first kappa shape index (κ1) is 71.5. The molecule has 0 aromatic carbocycles. The number of thioether (sulfide) groups is 1. The number of nitrogens with two attached hydrogens (primary N) is 2.